The number of nitrogens with zero attached hydrogens (tertiary/aromatic N) is 1. The van der Waals surface area contributed by atoms with Gasteiger partial charge in [-0.05, 0) is 32.4 Å². The molecular formula is C12H16N2O3S. The summed E-state index contributed by atoms with van der Waals surface area (Å²) in [5.41, 5.74) is 0.593. The lowest BCUT2D eigenvalue weighted by Crippen LogP contribution is -2.24. The number of rotatable bonds is 3. The lowest BCUT2D eigenvalue weighted by molar-refractivity contribution is 0.177. The van der Waals surface area contributed by atoms with Gasteiger partial charge in [0.25, 0.3) is 10.0 Å². The van der Waals surface area contributed by atoms with Gasteiger partial charge in [-0.3, -0.25) is 9.71 Å². The number of fused-ring (bicyclic) bond motifs is 1. The highest BCUT2D eigenvalue weighted by Gasteiger charge is 2.30. The molecule has 0 amide bonds. The van der Waals surface area contributed by atoms with Crippen molar-refractivity contribution in [2.75, 3.05) is 0 Å². The van der Waals surface area contributed by atoms with Crippen molar-refractivity contribution in [2.45, 2.75) is 37.3 Å². The predicted octanol–water partition coefficient (Wildman–Crippen LogP) is 0.884. The molecule has 0 bridgehead atoms. The Bertz CT molecular complexity index is 579. The second-order valence-corrected chi connectivity index (χ2v) is 6.16. The molecule has 0 aliphatic carbocycles. The SMILES string of the molecule is CC(O)CC(C)N=C1NS(=O)(=O)c2ccccc21. The summed E-state index contributed by atoms with van der Waals surface area (Å²) in [6.07, 6.45) is 0.0329. The third kappa shape index (κ3) is 2.54. The highest BCUT2D eigenvalue weighted by molar-refractivity contribution is 7.90. The Hall–Kier alpha value is -1.40. The van der Waals surface area contributed by atoms with Crippen molar-refractivity contribution in [1.29, 1.82) is 0 Å². The maximum atomic E-state index is 11.8. The molecule has 1 aromatic rings. The van der Waals surface area contributed by atoms with Crippen LogP contribution in [-0.4, -0.2) is 31.5 Å². The number of aliphatic hydroxyl groups is 1. The second-order valence-electron chi connectivity index (χ2n) is 4.51. The van der Waals surface area contributed by atoms with Crippen LogP contribution in [0.4, 0.5) is 0 Å². The molecule has 0 spiro atoms. The minimum atomic E-state index is -3.47. The maximum Gasteiger partial charge on any atom is 0.263 e. The molecule has 1 aromatic carbocycles. The van der Waals surface area contributed by atoms with E-state index in [1.807, 2.05) is 6.92 Å². The van der Waals surface area contributed by atoms with Gasteiger partial charge < -0.3 is 5.11 Å². The van der Waals surface area contributed by atoms with Crippen LogP contribution in [0.25, 0.3) is 0 Å². The van der Waals surface area contributed by atoms with Gasteiger partial charge in [-0.2, -0.15) is 0 Å². The van der Waals surface area contributed by atoms with E-state index < -0.39 is 16.1 Å². The molecule has 6 heteroatoms. The van der Waals surface area contributed by atoms with Gasteiger partial charge in [0.15, 0.2) is 0 Å². The van der Waals surface area contributed by atoms with Crippen LogP contribution in [0.3, 0.4) is 0 Å². The molecule has 0 fully saturated rings. The first kappa shape index (κ1) is 13.0. The first-order chi connectivity index (χ1) is 8.40. The summed E-state index contributed by atoms with van der Waals surface area (Å²) in [4.78, 5) is 4.58. The van der Waals surface area contributed by atoms with Crippen molar-refractivity contribution < 1.29 is 13.5 Å². The average molecular weight is 268 g/mol. The van der Waals surface area contributed by atoms with E-state index in [4.69, 9.17) is 0 Å². The molecule has 0 aromatic heterocycles. The highest BCUT2D eigenvalue weighted by Crippen LogP contribution is 2.22. The molecule has 98 valence electrons. The van der Waals surface area contributed by atoms with Gasteiger partial charge in [0, 0.05) is 5.56 Å². The zero-order chi connectivity index (χ0) is 13.3. The second kappa shape index (κ2) is 4.70. The molecule has 2 rings (SSSR count). The summed E-state index contributed by atoms with van der Waals surface area (Å²) < 4.78 is 26.1. The first-order valence-corrected chi connectivity index (χ1v) is 7.26. The summed E-state index contributed by atoms with van der Waals surface area (Å²) in [5.74, 6) is 0.360. The van der Waals surface area contributed by atoms with Crippen molar-refractivity contribution in [2.24, 2.45) is 4.99 Å². The lowest BCUT2D eigenvalue weighted by Gasteiger charge is -2.09. The fraction of sp³-hybridized carbons (Fsp3) is 0.417. The summed E-state index contributed by atoms with van der Waals surface area (Å²) in [7, 11) is -3.47. The van der Waals surface area contributed by atoms with Crippen LogP contribution in [0.5, 0.6) is 0 Å². The third-order valence-electron chi connectivity index (χ3n) is 2.69. The van der Waals surface area contributed by atoms with Crippen LogP contribution < -0.4 is 4.72 Å². The Labute approximate surface area is 107 Å². The Morgan fingerprint density at radius 3 is 2.67 bits per heavy atom. The normalized spacial score (nSPS) is 22.3. The van der Waals surface area contributed by atoms with Crippen molar-refractivity contribution in [3.63, 3.8) is 0 Å². The molecule has 5 nitrogen and oxygen atoms in total. The highest BCUT2D eigenvalue weighted by atomic mass is 32.2. The molecule has 2 unspecified atom stereocenters. The summed E-state index contributed by atoms with van der Waals surface area (Å²) in [6, 6.07) is 6.59. The molecule has 18 heavy (non-hydrogen) atoms. The number of hydrogen-bond donors (Lipinski definition) is 2. The van der Waals surface area contributed by atoms with E-state index in [1.165, 1.54) is 0 Å². The number of aliphatic imine (C=N–C) groups is 1. The van der Waals surface area contributed by atoms with Crippen LogP contribution in [0.2, 0.25) is 0 Å². The number of hydrogen-bond acceptors (Lipinski definition) is 4. The van der Waals surface area contributed by atoms with Gasteiger partial charge in [0.05, 0.1) is 17.0 Å². The molecule has 2 atom stereocenters. The van der Waals surface area contributed by atoms with E-state index in [0.717, 1.165) is 0 Å². The van der Waals surface area contributed by atoms with E-state index in [-0.39, 0.29) is 10.9 Å². The molecule has 0 radical (unpaired) electrons. The van der Waals surface area contributed by atoms with E-state index in [1.54, 1.807) is 31.2 Å². The minimum absolute atomic E-state index is 0.145. The smallest absolute Gasteiger partial charge is 0.263 e. The van der Waals surface area contributed by atoms with Gasteiger partial charge in [-0.1, -0.05) is 12.1 Å². The number of amidine groups is 1. The zero-order valence-corrected chi connectivity index (χ0v) is 11.1. The fourth-order valence-electron chi connectivity index (χ4n) is 2.00. The summed E-state index contributed by atoms with van der Waals surface area (Å²) in [6.45, 7) is 3.53. The Morgan fingerprint density at radius 2 is 2.00 bits per heavy atom. The lowest BCUT2D eigenvalue weighted by atomic mass is 10.1. The fourth-order valence-corrected chi connectivity index (χ4v) is 3.24. The summed E-state index contributed by atoms with van der Waals surface area (Å²) in [5, 5.41) is 9.29. The number of aliphatic hydroxyl groups excluding tert-OH is 1. The van der Waals surface area contributed by atoms with E-state index in [2.05, 4.69) is 9.71 Å². The number of nitrogens with one attached hydrogen (secondary N) is 1. The van der Waals surface area contributed by atoms with Gasteiger partial charge in [-0.25, -0.2) is 8.42 Å². The molecule has 2 N–H and O–H groups in total. The predicted molar refractivity (Wildman–Crippen MR) is 69.1 cm³/mol. The third-order valence-corrected chi connectivity index (χ3v) is 4.09. The molecule has 1 aliphatic heterocycles. The Morgan fingerprint density at radius 1 is 1.33 bits per heavy atom. The van der Waals surface area contributed by atoms with Crippen molar-refractivity contribution in [1.82, 2.24) is 4.72 Å². The summed E-state index contributed by atoms with van der Waals surface area (Å²) >= 11 is 0. The molecule has 0 saturated heterocycles. The monoisotopic (exact) mass is 268 g/mol. The maximum absolute atomic E-state index is 11.8. The topological polar surface area (TPSA) is 78.8 Å². The first-order valence-electron chi connectivity index (χ1n) is 5.78. The Balaban J connectivity index is 2.36. The van der Waals surface area contributed by atoms with Gasteiger partial charge in [0.1, 0.15) is 5.84 Å². The quantitative estimate of drug-likeness (QED) is 0.854. The minimum Gasteiger partial charge on any atom is -0.393 e. The van der Waals surface area contributed by atoms with E-state index >= 15 is 0 Å². The van der Waals surface area contributed by atoms with Gasteiger partial charge in [0.2, 0.25) is 0 Å². The van der Waals surface area contributed by atoms with Gasteiger partial charge in [-0.15, -0.1) is 0 Å². The van der Waals surface area contributed by atoms with Crippen molar-refractivity contribution in [3.05, 3.63) is 29.8 Å². The average Bonchev–Trinajstić information content (AvgIpc) is 2.50. The molecule has 0 saturated carbocycles. The zero-order valence-electron chi connectivity index (χ0n) is 10.3. The van der Waals surface area contributed by atoms with Gasteiger partial charge >= 0.3 is 0 Å². The van der Waals surface area contributed by atoms with Crippen LogP contribution >= 0.6 is 0 Å². The largest absolute Gasteiger partial charge is 0.393 e. The molecule has 1 heterocycles. The van der Waals surface area contributed by atoms with Crippen molar-refractivity contribution >= 4 is 15.9 Å². The molecule has 1 aliphatic rings. The van der Waals surface area contributed by atoms with Crippen LogP contribution in [0.1, 0.15) is 25.8 Å². The van der Waals surface area contributed by atoms with Crippen molar-refractivity contribution in [3.8, 4) is 0 Å². The standard InChI is InChI=1S/C12H16N2O3S/c1-8(7-9(2)15)13-12-10-5-3-4-6-11(10)18(16,17)14-12/h3-6,8-9,15H,7H2,1-2H3,(H,13,14). The molecular weight excluding hydrogens is 252 g/mol. The van der Waals surface area contributed by atoms with Crippen LogP contribution in [0.15, 0.2) is 34.2 Å². The Kier molecular flexibility index (Phi) is 3.41. The van der Waals surface area contributed by atoms with E-state index in [0.29, 0.717) is 17.8 Å². The number of sulfonamides is 1. The van der Waals surface area contributed by atoms with Crippen LogP contribution in [-0.2, 0) is 10.0 Å². The van der Waals surface area contributed by atoms with Crippen LogP contribution in [0, 0.1) is 0 Å². The number of benzene rings is 1. The van der Waals surface area contributed by atoms with E-state index in [9.17, 15) is 13.5 Å².